The third-order valence-corrected chi connectivity index (χ3v) is 3.25. The van der Waals surface area contributed by atoms with E-state index in [2.05, 4.69) is 21.9 Å². The molecule has 2 N–H and O–H groups in total. The zero-order chi connectivity index (χ0) is 11.6. The predicted molar refractivity (Wildman–Crippen MR) is 68.3 cm³/mol. The van der Waals surface area contributed by atoms with Crippen molar-refractivity contribution in [3.05, 3.63) is 6.33 Å². The lowest BCUT2D eigenvalue weighted by Crippen LogP contribution is -1.97. The largest absolute Gasteiger partial charge is 0.368 e. The molecule has 1 aromatic rings. The van der Waals surface area contributed by atoms with Gasteiger partial charge in [-0.1, -0.05) is 50.8 Å². The molecule has 1 heterocycles. The van der Waals surface area contributed by atoms with Crippen LogP contribution in [0.3, 0.4) is 0 Å². The van der Waals surface area contributed by atoms with Crippen LogP contribution in [-0.2, 0) is 0 Å². The maximum Gasteiger partial charge on any atom is 0.223 e. The molecule has 0 fully saturated rings. The van der Waals surface area contributed by atoms with Crippen molar-refractivity contribution < 1.29 is 0 Å². The maximum atomic E-state index is 5.47. The molecule has 1 rings (SSSR count). The van der Waals surface area contributed by atoms with Gasteiger partial charge in [-0.2, -0.15) is 4.98 Å². The fraction of sp³-hybridized carbons (Fsp3) is 0.727. The van der Waals surface area contributed by atoms with E-state index in [0.717, 1.165) is 10.9 Å². The lowest BCUT2D eigenvalue weighted by atomic mass is 10.1. The highest BCUT2D eigenvalue weighted by Gasteiger charge is 1.98. The molecule has 0 saturated heterocycles. The Balaban J connectivity index is 2.03. The molecular formula is C11H20N4S. The van der Waals surface area contributed by atoms with Crippen LogP contribution in [0, 0.1) is 0 Å². The van der Waals surface area contributed by atoms with Gasteiger partial charge < -0.3 is 5.73 Å². The summed E-state index contributed by atoms with van der Waals surface area (Å²) in [4.78, 5) is 11.8. The minimum atomic E-state index is 0.306. The second-order valence-electron chi connectivity index (χ2n) is 3.74. The van der Waals surface area contributed by atoms with Crippen LogP contribution in [0.1, 0.15) is 45.4 Å². The van der Waals surface area contributed by atoms with Gasteiger partial charge in [0.05, 0.1) is 0 Å². The quantitative estimate of drug-likeness (QED) is 0.559. The van der Waals surface area contributed by atoms with E-state index in [1.54, 1.807) is 11.8 Å². The van der Waals surface area contributed by atoms with Crippen molar-refractivity contribution in [3.63, 3.8) is 0 Å². The Kier molecular flexibility index (Phi) is 6.88. The van der Waals surface area contributed by atoms with Gasteiger partial charge in [0.15, 0.2) is 5.16 Å². The van der Waals surface area contributed by atoms with Gasteiger partial charge in [0.1, 0.15) is 6.33 Å². The highest BCUT2D eigenvalue weighted by Crippen LogP contribution is 2.15. The minimum absolute atomic E-state index is 0.306. The van der Waals surface area contributed by atoms with Crippen LogP contribution in [0.2, 0.25) is 0 Å². The summed E-state index contributed by atoms with van der Waals surface area (Å²) in [5.41, 5.74) is 5.47. The molecule has 0 aromatic carbocycles. The first-order valence-electron chi connectivity index (χ1n) is 5.90. The van der Waals surface area contributed by atoms with Gasteiger partial charge in [-0.25, -0.2) is 9.97 Å². The first kappa shape index (κ1) is 13.2. The van der Waals surface area contributed by atoms with Crippen LogP contribution >= 0.6 is 11.8 Å². The summed E-state index contributed by atoms with van der Waals surface area (Å²) in [7, 11) is 0. The fourth-order valence-electron chi connectivity index (χ4n) is 1.41. The summed E-state index contributed by atoms with van der Waals surface area (Å²) in [5.74, 6) is 1.37. The Bertz CT molecular complexity index is 293. The Morgan fingerprint density at radius 3 is 2.62 bits per heavy atom. The number of nitrogens with zero attached hydrogens (tertiary/aromatic N) is 3. The van der Waals surface area contributed by atoms with Crippen molar-refractivity contribution in [1.29, 1.82) is 0 Å². The average molecular weight is 240 g/mol. The second kappa shape index (κ2) is 8.33. The van der Waals surface area contributed by atoms with E-state index >= 15 is 0 Å². The van der Waals surface area contributed by atoms with Crippen molar-refractivity contribution in [2.75, 3.05) is 11.5 Å². The van der Waals surface area contributed by atoms with Crippen molar-refractivity contribution in [1.82, 2.24) is 15.0 Å². The van der Waals surface area contributed by atoms with E-state index in [0.29, 0.717) is 5.95 Å². The number of nitrogen functional groups attached to an aromatic ring is 1. The molecular weight excluding hydrogens is 220 g/mol. The molecule has 0 aliphatic heterocycles. The molecule has 0 unspecified atom stereocenters. The SMILES string of the molecule is CCCCCCCCSc1ncnc(N)n1. The molecule has 0 amide bonds. The number of unbranched alkanes of at least 4 members (excludes halogenated alkanes) is 5. The first-order chi connectivity index (χ1) is 7.83. The van der Waals surface area contributed by atoms with Crippen molar-refractivity contribution in [2.45, 2.75) is 50.6 Å². The van der Waals surface area contributed by atoms with E-state index in [4.69, 9.17) is 5.73 Å². The number of nitrogens with two attached hydrogens (primary N) is 1. The molecule has 0 radical (unpaired) electrons. The fourth-order valence-corrected chi connectivity index (χ4v) is 2.22. The van der Waals surface area contributed by atoms with E-state index in [-0.39, 0.29) is 0 Å². The van der Waals surface area contributed by atoms with Gasteiger partial charge in [-0.15, -0.1) is 0 Å². The molecule has 16 heavy (non-hydrogen) atoms. The molecule has 5 heteroatoms. The smallest absolute Gasteiger partial charge is 0.223 e. The number of hydrogen-bond acceptors (Lipinski definition) is 5. The zero-order valence-electron chi connectivity index (χ0n) is 9.85. The topological polar surface area (TPSA) is 64.7 Å². The zero-order valence-corrected chi connectivity index (χ0v) is 10.7. The molecule has 0 aliphatic rings. The van der Waals surface area contributed by atoms with Gasteiger partial charge in [0.2, 0.25) is 5.95 Å². The Morgan fingerprint density at radius 1 is 1.12 bits per heavy atom. The number of hydrogen-bond donors (Lipinski definition) is 1. The summed E-state index contributed by atoms with van der Waals surface area (Å²) in [6.45, 7) is 2.24. The Labute approximate surface area is 101 Å². The monoisotopic (exact) mass is 240 g/mol. The highest BCUT2D eigenvalue weighted by molar-refractivity contribution is 7.99. The Morgan fingerprint density at radius 2 is 1.88 bits per heavy atom. The highest BCUT2D eigenvalue weighted by atomic mass is 32.2. The van der Waals surface area contributed by atoms with Gasteiger partial charge in [-0.3, -0.25) is 0 Å². The van der Waals surface area contributed by atoms with Crippen LogP contribution in [0.15, 0.2) is 11.5 Å². The van der Waals surface area contributed by atoms with Crippen LogP contribution in [0.25, 0.3) is 0 Å². The van der Waals surface area contributed by atoms with Crippen LogP contribution < -0.4 is 5.73 Å². The van der Waals surface area contributed by atoms with Crippen LogP contribution in [0.5, 0.6) is 0 Å². The van der Waals surface area contributed by atoms with E-state index in [1.165, 1.54) is 44.9 Å². The molecule has 0 bridgehead atoms. The lowest BCUT2D eigenvalue weighted by molar-refractivity contribution is 0.626. The molecule has 0 spiro atoms. The molecule has 0 aliphatic carbocycles. The van der Waals surface area contributed by atoms with Gasteiger partial charge in [0.25, 0.3) is 0 Å². The van der Waals surface area contributed by atoms with Crippen LogP contribution in [-0.4, -0.2) is 20.7 Å². The van der Waals surface area contributed by atoms with E-state index in [1.807, 2.05) is 0 Å². The number of anilines is 1. The van der Waals surface area contributed by atoms with E-state index < -0.39 is 0 Å². The number of thioether (sulfide) groups is 1. The third kappa shape index (κ3) is 5.90. The third-order valence-electron chi connectivity index (χ3n) is 2.30. The molecule has 90 valence electrons. The Hall–Kier alpha value is -0.840. The molecule has 0 atom stereocenters. The van der Waals surface area contributed by atoms with Gasteiger partial charge in [-0.05, 0) is 6.42 Å². The van der Waals surface area contributed by atoms with Crippen molar-refractivity contribution >= 4 is 17.7 Å². The predicted octanol–water partition coefficient (Wildman–Crippen LogP) is 2.91. The summed E-state index contributed by atoms with van der Waals surface area (Å²) in [6.07, 6.45) is 9.35. The minimum Gasteiger partial charge on any atom is -0.368 e. The van der Waals surface area contributed by atoms with Crippen LogP contribution in [0.4, 0.5) is 5.95 Å². The summed E-state index contributed by atoms with van der Waals surface area (Å²) >= 11 is 1.66. The second-order valence-corrected chi connectivity index (χ2v) is 4.80. The average Bonchev–Trinajstić information content (AvgIpc) is 2.28. The maximum absolute atomic E-state index is 5.47. The molecule has 0 saturated carbocycles. The van der Waals surface area contributed by atoms with Crippen molar-refractivity contribution in [3.8, 4) is 0 Å². The summed E-state index contributed by atoms with van der Waals surface area (Å²) < 4.78 is 0. The summed E-state index contributed by atoms with van der Waals surface area (Å²) in [5, 5.41) is 0.737. The number of aromatic nitrogens is 3. The van der Waals surface area contributed by atoms with Crippen molar-refractivity contribution in [2.24, 2.45) is 0 Å². The standard InChI is InChI=1S/C11H20N4S/c1-2-3-4-5-6-7-8-16-11-14-9-13-10(12)15-11/h9H,2-8H2,1H3,(H2,12,13,14,15). The normalized spacial score (nSPS) is 10.6. The summed E-state index contributed by atoms with van der Waals surface area (Å²) in [6, 6.07) is 0. The van der Waals surface area contributed by atoms with E-state index in [9.17, 15) is 0 Å². The van der Waals surface area contributed by atoms with Gasteiger partial charge >= 0.3 is 0 Å². The molecule has 1 aromatic heterocycles. The van der Waals surface area contributed by atoms with Gasteiger partial charge in [0, 0.05) is 5.75 Å². The first-order valence-corrected chi connectivity index (χ1v) is 6.89. The lowest BCUT2D eigenvalue weighted by Gasteiger charge is -2.00. The number of rotatable bonds is 8. The molecule has 4 nitrogen and oxygen atoms in total.